The Kier molecular flexibility index (Phi) is 4.49. The number of nitro benzene ring substituents is 1. The number of ketones is 1. The van der Waals surface area contributed by atoms with Crippen LogP contribution in [0.15, 0.2) is 53.0 Å². The molecule has 0 aliphatic rings. The van der Waals surface area contributed by atoms with Crippen molar-refractivity contribution < 1.29 is 14.8 Å². The van der Waals surface area contributed by atoms with E-state index in [1.807, 2.05) is 0 Å². The monoisotopic (exact) mass is 347 g/mol. The lowest BCUT2D eigenvalue weighted by atomic mass is 10.1. The summed E-state index contributed by atoms with van der Waals surface area (Å²) in [4.78, 5) is 22.1. The number of carbonyl (C=O) groups excluding carboxylic acids is 1. The number of aromatic hydroxyl groups is 1. The molecule has 0 heterocycles. The third-order valence-corrected chi connectivity index (χ3v) is 3.45. The van der Waals surface area contributed by atoms with Crippen LogP contribution in [0.5, 0.6) is 5.75 Å². The molecule has 106 valence electrons. The van der Waals surface area contributed by atoms with Crippen LogP contribution in [0.25, 0.3) is 6.08 Å². The molecule has 2 aromatic carbocycles. The molecule has 1 N–H and O–H groups in total. The van der Waals surface area contributed by atoms with Crippen LogP contribution in [-0.2, 0) is 0 Å². The number of hydrogen-bond acceptors (Lipinski definition) is 4. The minimum absolute atomic E-state index is 0.224. The Hall–Kier alpha value is -2.47. The minimum atomic E-state index is -0.678. The largest absolute Gasteiger partial charge is 0.502 e. The van der Waals surface area contributed by atoms with Crippen molar-refractivity contribution in [3.8, 4) is 5.75 Å². The zero-order valence-corrected chi connectivity index (χ0v) is 12.3. The summed E-state index contributed by atoms with van der Waals surface area (Å²) in [5, 5.41) is 20.1. The number of halogens is 1. The van der Waals surface area contributed by atoms with E-state index < -0.39 is 16.4 Å². The predicted molar refractivity (Wildman–Crippen MR) is 82.3 cm³/mol. The smallest absolute Gasteiger partial charge is 0.311 e. The summed E-state index contributed by atoms with van der Waals surface area (Å²) in [6.07, 6.45) is 2.80. The van der Waals surface area contributed by atoms with Gasteiger partial charge in [-0.2, -0.15) is 0 Å². The number of benzene rings is 2. The van der Waals surface area contributed by atoms with Crippen LogP contribution in [0.2, 0.25) is 0 Å². The van der Waals surface area contributed by atoms with Crippen LogP contribution in [0.1, 0.15) is 15.9 Å². The van der Waals surface area contributed by atoms with Gasteiger partial charge in [0, 0.05) is 16.1 Å². The highest BCUT2D eigenvalue weighted by Crippen LogP contribution is 2.27. The molecule has 2 aromatic rings. The lowest BCUT2D eigenvalue weighted by molar-refractivity contribution is -0.385. The number of phenols is 1. The first-order valence-corrected chi connectivity index (χ1v) is 6.72. The summed E-state index contributed by atoms with van der Waals surface area (Å²) in [6.45, 7) is 0. The van der Waals surface area contributed by atoms with Crippen LogP contribution < -0.4 is 0 Å². The van der Waals surface area contributed by atoms with Crippen molar-refractivity contribution in [1.29, 1.82) is 0 Å². The zero-order valence-electron chi connectivity index (χ0n) is 10.7. The molecule has 5 nitrogen and oxygen atoms in total. The lowest BCUT2D eigenvalue weighted by Crippen LogP contribution is -1.95. The Morgan fingerprint density at radius 1 is 1.24 bits per heavy atom. The van der Waals surface area contributed by atoms with E-state index in [2.05, 4.69) is 15.9 Å². The van der Waals surface area contributed by atoms with Gasteiger partial charge in [0.25, 0.3) is 0 Å². The Bertz CT molecular complexity index is 740. The number of rotatable bonds is 4. The third kappa shape index (κ3) is 3.55. The van der Waals surface area contributed by atoms with Gasteiger partial charge in [-0.15, -0.1) is 0 Å². The highest BCUT2D eigenvalue weighted by molar-refractivity contribution is 9.10. The van der Waals surface area contributed by atoms with Gasteiger partial charge >= 0.3 is 5.69 Å². The van der Waals surface area contributed by atoms with E-state index in [1.165, 1.54) is 30.4 Å². The fourth-order valence-corrected chi connectivity index (χ4v) is 2.19. The molecule has 0 saturated carbocycles. The normalized spacial score (nSPS) is 10.7. The van der Waals surface area contributed by atoms with Gasteiger partial charge in [0.15, 0.2) is 11.5 Å². The van der Waals surface area contributed by atoms with Crippen molar-refractivity contribution in [1.82, 2.24) is 0 Å². The number of nitro groups is 1. The molecule has 0 aromatic heterocycles. The first kappa shape index (κ1) is 14.9. The van der Waals surface area contributed by atoms with Crippen molar-refractivity contribution >= 4 is 33.5 Å². The molecular formula is C15H10BrNO4. The van der Waals surface area contributed by atoms with Gasteiger partial charge in [-0.25, -0.2) is 0 Å². The highest BCUT2D eigenvalue weighted by atomic mass is 79.9. The summed E-state index contributed by atoms with van der Waals surface area (Å²) >= 11 is 3.29. The molecule has 0 amide bonds. The van der Waals surface area contributed by atoms with Crippen LogP contribution >= 0.6 is 15.9 Å². The predicted octanol–water partition coefficient (Wildman–Crippen LogP) is 3.96. The number of allylic oxidation sites excluding steroid dienone is 1. The van der Waals surface area contributed by atoms with Gasteiger partial charge in [-0.05, 0) is 29.8 Å². The highest BCUT2D eigenvalue weighted by Gasteiger charge is 2.12. The Morgan fingerprint density at radius 2 is 1.95 bits per heavy atom. The third-order valence-electron chi connectivity index (χ3n) is 2.76. The molecule has 0 aliphatic heterocycles. The quantitative estimate of drug-likeness (QED) is 0.393. The van der Waals surface area contributed by atoms with Gasteiger partial charge in [-0.1, -0.05) is 40.2 Å². The number of nitrogens with zero attached hydrogens (tertiary/aromatic N) is 1. The van der Waals surface area contributed by atoms with Crippen LogP contribution in [0.3, 0.4) is 0 Å². The maximum atomic E-state index is 12.0. The topological polar surface area (TPSA) is 80.4 Å². The van der Waals surface area contributed by atoms with E-state index in [0.717, 1.165) is 0 Å². The SMILES string of the molecule is O=C(/C=C/c1ccc(O)c([N+](=O)[O-])c1)c1ccccc1Br. The number of hydrogen-bond donors (Lipinski definition) is 1. The van der Waals surface area contributed by atoms with Crippen molar-refractivity contribution in [3.05, 3.63) is 74.3 Å². The summed E-state index contributed by atoms with van der Waals surface area (Å²) < 4.78 is 0.677. The van der Waals surface area contributed by atoms with Gasteiger partial charge in [0.1, 0.15) is 0 Å². The summed E-state index contributed by atoms with van der Waals surface area (Å²) in [7, 11) is 0. The molecule has 0 spiro atoms. The fourth-order valence-electron chi connectivity index (χ4n) is 1.71. The number of carbonyl (C=O) groups is 1. The fraction of sp³-hybridized carbons (Fsp3) is 0. The molecule has 0 saturated heterocycles. The average Bonchev–Trinajstić information content (AvgIpc) is 2.46. The maximum absolute atomic E-state index is 12.0. The standard InChI is InChI=1S/C15H10BrNO4/c16-12-4-2-1-3-11(12)14(18)7-5-10-6-8-15(19)13(9-10)17(20)21/h1-9,19H/b7-5+. The van der Waals surface area contributed by atoms with Gasteiger partial charge < -0.3 is 5.11 Å². The molecular weight excluding hydrogens is 338 g/mol. The molecule has 0 fully saturated rings. The summed E-state index contributed by atoms with van der Waals surface area (Å²) in [6, 6.07) is 10.9. The first-order valence-electron chi connectivity index (χ1n) is 5.93. The van der Waals surface area contributed by atoms with E-state index in [1.54, 1.807) is 24.3 Å². The van der Waals surface area contributed by atoms with Gasteiger partial charge in [0.2, 0.25) is 0 Å². The van der Waals surface area contributed by atoms with E-state index in [4.69, 9.17) is 0 Å². The van der Waals surface area contributed by atoms with Crippen LogP contribution in [0, 0.1) is 10.1 Å². The first-order chi connectivity index (χ1) is 9.99. The minimum Gasteiger partial charge on any atom is -0.502 e. The van der Waals surface area contributed by atoms with Crippen molar-refractivity contribution in [2.24, 2.45) is 0 Å². The maximum Gasteiger partial charge on any atom is 0.311 e. The Morgan fingerprint density at radius 3 is 2.62 bits per heavy atom. The van der Waals surface area contributed by atoms with E-state index in [-0.39, 0.29) is 5.78 Å². The van der Waals surface area contributed by atoms with Crippen molar-refractivity contribution in [2.75, 3.05) is 0 Å². The molecule has 21 heavy (non-hydrogen) atoms. The van der Waals surface area contributed by atoms with Crippen molar-refractivity contribution in [2.45, 2.75) is 0 Å². The molecule has 6 heteroatoms. The molecule has 0 unspecified atom stereocenters. The molecule has 0 aliphatic carbocycles. The molecule has 0 bridgehead atoms. The number of phenolic OH excluding ortho intramolecular Hbond substituents is 1. The second-order valence-corrected chi connectivity index (χ2v) is 5.04. The molecule has 0 radical (unpaired) electrons. The van der Waals surface area contributed by atoms with E-state index in [9.17, 15) is 20.0 Å². The summed E-state index contributed by atoms with van der Waals surface area (Å²) in [5.41, 5.74) is 0.562. The van der Waals surface area contributed by atoms with E-state index in [0.29, 0.717) is 15.6 Å². The zero-order chi connectivity index (χ0) is 15.4. The second kappa shape index (κ2) is 6.32. The lowest BCUT2D eigenvalue weighted by Gasteiger charge is -2.00. The van der Waals surface area contributed by atoms with Crippen molar-refractivity contribution in [3.63, 3.8) is 0 Å². The Labute approximate surface area is 128 Å². The molecule has 0 atom stereocenters. The average molecular weight is 348 g/mol. The van der Waals surface area contributed by atoms with E-state index >= 15 is 0 Å². The Balaban J connectivity index is 2.26. The van der Waals surface area contributed by atoms with Gasteiger partial charge in [-0.3, -0.25) is 14.9 Å². The second-order valence-electron chi connectivity index (χ2n) is 4.18. The van der Waals surface area contributed by atoms with Gasteiger partial charge in [0.05, 0.1) is 4.92 Å². The molecule has 2 rings (SSSR count). The van der Waals surface area contributed by atoms with Crippen LogP contribution in [0.4, 0.5) is 5.69 Å². The van der Waals surface area contributed by atoms with Crippen LogP contribution in [-0.4, -0.2) is 15.8 Å². The summed E-state index contributed by atoms with van der Waals surface area (Å²) in [5.74, 6) is -0.632.